The topological polar surface area (TPSA) is 87.0 Å². The van der Waals surface area contributed by atoms with Gasteiger partial charge in [0.05, 0.1) is 16.7 Å². The molecule has 1 fully saturated rings. The molecule has 1 saturated carbocycles. The highest BCUT2D eigenvalue weighted by molar-refractivity contribution is 9.09. The fourth-order valence-corrected chi connectivity index (χ4v) is 6.12. The fraction of sp³-hybridized carbons (Fsp3) is 0.556. The Hall–Kier alpha value is -1.04. The van der Waals surface area contributed by atoms with E-state index in [1.807, 2.05) is 18.2 Å². The Morgan fingerprint density at radius 3 is 2.62 bits per heavy atom. The molecule has 1 aliphatic carbocycles. The molecular formula is C18H23BrN2O3S2. The Bertz CT molecular complexity index is 745. The molecule has 26 heavy (non-hydrogen) atoms. The molecule has 1 aromatic carbocycles. The van der Waals surface area contributed by atoms with Gasteiger partial charge in [0.15, 0.2) is 9.84 Å². The average molecular weight is 459 g/mol. The first kappa shape index (κ1) is 21.3. The number of hydrogen-bond acceptors (Lipinski definition) is 5. The van der Waals surface area contributed by atoms with E-state index in [4.69, 9.17) is 5.26 Å². The number of sulfone groups is 1. The summed E-state index contributed by atoms with van der Waals surface area (Å²) in [4.78, 5) is 13.6. The molecule has 1 N–H and O–H groups in total. The average Bonchev–Trinajstić information content (AvgIpc) is 2.65. The summed E-state index contributed by atoms with van der Waals surface area (Å²) in [5, 5.41) is 12.1. The standard InChI is InChI=1S/C18H23BrN2O3S2/c19-9-12-25-15-5-7-16(8-6-15)26(23,24)13-14-3-1-2-4-17(14)18(22)21-11-10-20/h5-8,14,17H,1-4,9,11-13H2,(H,21,22)/t14-,17+/m1/s1. The molecule has 0 unspecified atom stereocenters. The number of halogens is 1. The lowest BCUT2D eigenvalue weighted by Crippen LogP contribution is -2.39. The van der Waals surface area contributed by atoms with Crippen LogP contribution in [0.5, 0.6) is 0 Å². The van der Waals surface area contributed by atoms with Crippen molar-refractivity contribution in [2.24, 2.45) is 11.8 Å². The highest BCUT2D eigenvalue weighted by Gasteiger charge is 2.34. The Morgan fingerprint density at radius 2 is 1.96 bits per heavy atom. The minimum atomic E-state index is -3.45. The maximum Gasteiger partial charge on any atom is 0.224 e. The highest BCUT2D eigenvalue weighted by atomic mass is 79.9. The summed E-state index contributed by atoms with van der Waals surface area (Å²) < 4.78 is 25.6. The lowest BCUT2D eigenvalue weighted by Gasteiger charge is -2.30. The van der Waals surface area contributed by atoms with Gasteiger partial charge in [-0.05, 0) is 43.0 Å². The molecule has 2 atom stereocenters. The zero-order valence-electron chi connectivity index (χ0n) is 14.5. The smallest absolute Gasteiger partial charge is 0.224 e. The van der Waals surface area contributed by atoms with E-state index in [9.17, 15) is 13.2 Å². The van der Waals surface area contributed by atoms with Gasteiger partial charge in [0.1, 0.15) is 6.54 Å². The molecular weight excluding hydrogens is 436 g/mol. The number of nitriles is 1. The summed E-state index contributed by atoms with van der Waals surface area (Å²) in [6, 6.07) is 8.86. The summed E-state index contributed by atoms with van der Waals surface area (Å²) in [5.74, 6) is 0.169. The zero-order chi connectivity index (χ0) is 19.0. The SMILES string of the molecule is N#CCNC(=O)[C@H]1CCCC[C@@H]1CS(=O)(=O)c1ccc(SCCBr)cc1. The number of benzene rings is 1. The fourth-order valence-electron chi connectivity index (χ4n) is 3.29. The van der Waals surface area contributed by atoms with Gasteiger partial charge in [-0.2, -0.15) is 5.26 Å². The van der Waals surface area contributed by atoms with Gasteiger partial charge in [0.2, 0.25) is 5.91 Å². The Labute approximate surface area is 168 Å². The lowest BCUT2D eigenvalue weighted by molar-refractivity contribution is -0.127. The molecule has 0 bridgehead atoms. The second-order valence-corrected chi connectivity index (χ2v) is 10.3. The number of alkyl halides is 1. The van der Waals surface area contributed by atoms with Crippen molar-refractivity contribution in [3.05, 3.63) is 24.3 Å². The molecule has 8 heteroatoms. The second-order valence-electron chi connectivity index (χ2n) is 6.32. The molecule has 1 amide bonds. The normalized spacial score (nSPS) is 20.3. The molecule has 2 rings (SSSR count). The van der Waals surface area contributed by atoms with Gasteiger partial charge >= 0.3 is 0 Å². The van der Waals surface area contributed by atoms with Crippen molar-refractivity contribution in [3.63, 3.8) is 0 Å². The van der Waals surface area contributed by atoms with Crippen molar-refractivity contribution in [2.45, 2.75) is 35.5 Å². The third-order valence-corrected chi connectivity index (χ3v) is 8.34. The molecule has 1 aromatic rings. The quantitative estimate of drug-likeness (QED) is 0.366. The van der Waals surface area contributed by atoms with Crippen molar-refractivity contribution in [1.82, 2.24) is 5.32 Å². The molecule has 0 spiro atoms. The number of carbonyl (C=O) groups is 1. The highest BCUT2D eigenvalue weighted by Crippen LogP contribution is 2.33. The summed E-state index contributed by atoms with van der Waals surface area (Å²) in [7, 11) is -3.45. The van der Waals surface area contributed by atoms with Crippen LogP contribution in [0.1, 0.15) is 25.7 Å². The molecule has 1 aliphatic rings. The van der Waals surface area contributed by atoms with Crippen LogP contribution in [0.4, 0.5) is 0 Å². The van der Waals surface area contributed by atoms with Crippen LogP contribution >= 0.6 is 27.7 Å². The lowest BCUT2D eigenvalue weighted by atomic mass is 9.80. The van der Waals surface area contributed by atoms with Crippen LogP contribution in [0, 0.1) is 23.2 Å². The van der Waals surface area contributed by atoms with Crippen molar-refractivity contribution in [2.75, 3.05) is 23.4 Å². The summed E-state index contributed by atoms with van der Waals surface area (Å²) in [6.45, 7) is -0.0394. The van der Waals surface area contributed by atoms with Crippen molar-refractivity contribution >= 4 is 43.4 Å². The number of nitrogens with one attached hydrogen (secondary N) is 1. The summed E-state index contributed by atoms with van der Waals surface area (Å²) in [5.41, 5.74) is 0. The number of carbonyl (C=O) groups excluding carboxylic acids is 1. The largest absolute Gasteiger partial charge is 0.343 e. The van der Waals surface area contributed by atoms with Crippen molar-refractivity contribution < 1.29 is 13.2 Å². The number of thioether (sulfide) groups is 1. The first-order valence-electron chi connectivity index (χ1n) is 8.64. The maximum atomic E-state index is 12.8. The molecule has 5 nitrogen and oxygen atoms in total. The Morgan fingerprint density at radius 1 is 1.27 bits per heavy atom. The van der Waals surface area contributed by atoms with Crippen LogP contribution in [-0.4, -0.2) is 37.7 Å². The van der Waals surface area contributed by atoms with E-state index < -0.39 is 9.84 Å². The molecule has 0 aliphatic heterocycles. The minimum absolute atomic E-state index is 0.0223. The third kappa shape index (κ3) is 6.00. The van der Waals surface area contributed by atoms with Crippen LogP contribution in [0.25, 0.3) is 0 Å². The van der Waals surface area contributed by atoms with Crippen LogP contribution in [0.15, 0.2) is 34.1 Å². The van der Waals surface area contributed by atoms with E-state index in [1.165, 1.54) is 0 Å². The van der Waals surface area contributed by atoms with Gasteiger partial charge in [-0.3, -0.25) is 4.79 Å². The first-order chi connectivity index (χ1) is 12.5. The third-order valence-electron chi connectivity index (χ3n) is 4.55. The van der Waals surface area contributed by atoms with Crippen LogP contribution in [0.2, 0.25) is 0 Å². The van der Waals surface area contributed by atoms with Gasteiger partial charge < -0.3 is 5.32 Å². The van der Waals surface area contributed by atoms with E-state index in [0.717, 1.165) is 35.2 Å². The first-order valence-corrected chi connectivity index (χ1v) is 12.4. The van der Waals surface area contributed by atoms with E-state index >= 15 is 0 Å². The monoisotopic (exact) mass is 458 g/mol. The van der Waals surface area contributed by atoms with Gasteiger partial charge in [-0.1, -0.05) is 28.8 Å². The number of rotatable bonds is 8. The molecule has 0 radical (unpaired) electrons. The Kier molecular flexibility index (Phi) is 8.45. The van der Waals surface area contributed by atoms with Crippen molar-refractivity contribution in [1.29, 1.82) is 5.26 Å². The van der Waals surface area contributed by atoms with E-state index in [1.54, 1.807) is 23.9 Å². The molecule has 142 valence electrons. The van der Waals surface area contributed by atoms with Gasteiger partial charge in [-0.15, -0.1) is 11.8 Å². The molecule has 0 heterocycles. The number of nitrogens with zero attached hydrogens (tertiary/aromatic N) is 1. The van der Waals surface area contributed by atoms with Crippen LogP contribution in [-0.2, 0) is 14.6 Å². The number of hydrogen-bond donors (Lipinski definition) is 1. The van der Waals surface area contributed by atoms with E-state index in [2.05, 4.69) is 21.2 Å². The predicted octanol–water partition coefficient (Wildman–Crippen LogP) is 3.39. The van der Waals surface area contributed by atoms with E-state index in [0.29, 0.717) is 11.3 Å². The predicted molar refractivity (Wildman–Crippen MR) is 107 cm³/mol. The van der Waals surface area contributed by atoms with E-state index in [-0.39, 0.29) is 30.0 Å². The number of amides is 1. The van der Waals surface area contributed by atoms with Crippen LogP contribution < -0.4 is 5.32 Å². The van der Waals surface area contributed by atoms with Crippen molar-refractivity contribution in [3.8, 4) is 6.07 Å². The maximum absolute atomic E-state index is 12.8. The molecule has 0 saturated heterocycles. The zero-order valence-corrected chi connectivity index (χ0v) is 17.7. The van der Waals surface area contributed by atoms with Crippen LogP contribution in [0.3, 0.4) is 0 Å². The minimum Gasteiger partial charge on any atom is -0.343 e. The summed E-state index contributed by atoms with van der Waals surface area (Å²) >= 11 is 5.04. The molecule has 0 aromatic heterocycles. The van der Waals surface area contributed by atoms with Gasteiger partial charge in [-0.25, -0.2) is 8.42 Å². The van der Waals surface area contributed by atoms with Gasteiger partial charge in [0.25, 0.3) is 0 Å². The van der Waals surface area contributed by atoms with Gasteiger partial charge in [0, 0.05) is 21.9 Å². The summed E-state index contributed by atoms with van der Waals surface area (Å²) in [6.07, 6.45) is 3.26. The Balaban J connectivity index is 2.08. The second kappa shape index (κ2) is 10.3.